The summed E-state index contributed by atoms with van der Waals surface area (Å²) in [6.45, 7) is 4.36. The van der Waals surface area contributed by atoms with Crippen LogP contribution in [-0.4, -0.2) is 17.3 Å². The quantitative estimate of drug-likeness (QED) is 0.732. The van der Waals surface area contributed by atoms with E-state index in [0.717, 1.165) is 22.4 Å². The molecule has 0 bridgehead atoms. The maximum Gasteiger partial charge on any atom is 0.247 e. The van der Waals surface area contributed by atoms with Gasteiger partial charge in [0.2, 0.25) is 11.8 Å². The van der Waals surface area contributed by atoms with Gasteiger partial charge in [-0.3, -0.25) is 0 Å². The summed E-state index contributed by atoms with van der Waals surface area (Å²) in [5.74, 6) is 1.68. The molecule has 0 saturated carbocycles. The largest absolute Gasteiger partial charge is 0.495 e. The molecule has 1 N–H and O–H groups in total. The monoisotopic (exact) mass is 343 g/mol. The minimum atomic E-state index is 0.399. The summed E-state index contributed by atoms with van der Waals surface area (Å²) in [5, 5.41) is 12.1. The van der Waals surface area contributed by atoms with Crippen LogP contribution in [0.2, 0.25) is 5.02 Å². The third kappa shape index (κ3) is 3.51. The maximum atomic E-state index is 6.12. The minimum absolute atomic E-state index is 0.399. The van der Waals surface area contributed by atoms with Gasteiger partial charge in [0.1, 0.15) is 5.75 Å². The van der Waals surface area contributed by atoms with E-state index in [2.05, 4.69) is 15.5 Å². The zero-order chi connectivity index (χ0) is 17.1. The molecule has 0 aliphatic rings. The van der Waals surface area contributed by atoms with Crippen molar-refractivity contribution in [2.45, 2.75) is 20.4 Å². The second-order valence-electron chi connectivity index (χ2n) is 5.53. The lowest BCUT2D eigenvalue weighted by atomic mass is 10.1. The Morgan fingerprint density at radius 1 is 1.17 bits per heavy atom. The molecule has 0 aliphatic heterocycles. The maximum absolute atomic E-state index is 6.12. The Labute approximate surface area is 145 Å². The van der Waals surface area contributed by atoms with Crippen LogP contribution in [0.5, 0.6) is 5.75 Å². The van der Waals surface area contributed by atoms with Gasteiger partial charge in [0.05, 0.1) is 19.3 Å². The fourth-order valence-corrected chi connectivity index (χ4v) is 2.51. The van der Waals surface area contributed by atoms with E-state index >= 15 is 0 Å². The smallest absolute Gasteiger partial charge is 0.247 e. The van der Waals surface area contributed by atoms with Crippen LogP contribution < -0.4 is 10.1 Å². The van der Waals surface area contributed by atoms with Crippen molar-refractivity contribution < 1.29 is 9.15 Å². The molecule has 0 saturated heterocycles. The van der Waals surface area contributed by atoms with Crippen LogP contribution in [0.1, 0.15) is 17.0 Å². The summed E-state index contributed by atoms with van der Waals surface area (Å²) < 4.78 is 11.1. The van der Waals surface area contributed by atoms with E-state index in [9.17, 15) is 0 Å². The second kappa shape index (κ2) is 6.93. The third-order valence-corrected chi connectivity index (χ3v) is 4.05. The highest BCUT2D eigenvalue weighted by molar-refractivity contribution is 6.31. The SMILES string of the molecule is COc1cc(Cl)c(C)cc1NCc1nnc(-c2cccc(C)c2)o1. The van der Waals surface area contributed by atoms with Gasteiger partial charge in [-0.05, 0) is 37.6 Å². The summed E-state index contributed by atoms with van der Waals surface area (Å²) in [7, 11) is 1.61. The Bertz CT molecular complexity index is 861. The molecule has 1 heterocycles. The van der Waals surface area contributed by atoms with E-state index in [0.29, 0.717) is 29.1 Å². The zero-order valence-corrected chi connectivity index (χ0v) is 14.5. The van der Waals surface area contributed by atoms with Gasteiger partial charge in [0.15, 0.2) is 0 Å². The first-order chi connectivity index (χ1) is 11.6. The highest BCUT2D eigenvalue weighted by atomic mass is 35.5. The minimum Gasteiger partial charge on any atom is -0.495 e. The first-order valence-corrected chi connectivity index (χ1v) is 7.92. The van der Waals surface area contributed by atoms with Crippen molar-refractivity contribution in [3.05, 3.63) is 58.4 Å². The standard InChI is InChI=1S/C18H18ClN3O2/c1-11-5-4-6-13(7-11)18-22-21-17(24-18)10-20-15-8-12(2)14(19)9-16(15)23-3/h4-9,20H,10H2,1-3H3. The van der Waals surface area contributed by atoms with Crippen LogP contribution in [-0.2, 0) is 6.54 Å². The highest BCUT2D eigenvalue weighted by Crippen LogP contribution is 2.31. The molecule has 124 valence electrons. The molecule has 0 spiro atoms. The van der Waals surface area contributed by atoms with Crippen LogP contribution in [0.25, 0.3) is 11.5 Å². The molecule has 3 aromatic rings. The molecule has 0 unspecified atom stereocenters. The average molecular weight is 344 g/mol. The molecule has 0 atom stereocenters. The Kier molecular flexibility index (Phi) is 4.71. The fourth-order valence-electron chi connectivity index (χ4n) is 2.36. The fraction of sp³-hybridized carbons (Fsp3) is 0.222. The van der Waals surface area contributed by atoms with Crippen LogP contribution in [0.4, 0.5) is 5.69 Å². The molecular weight excluding hydrogens is 326 g/mol. The van der Waals surface area contributed by atoms with Gasteiger partial charge in [0.25, 0.3) is 0 Å². The predicted molar refractivity (Wildman–Crippen MR) is 94.5 cm³/mol. The molecule has 0 fully saturated rings. The van der Waals surface area contributed by atoms with E-state index in [1.165, 1.54) is 0 Å². The first kappa shape index (κ1) is 16.3. The topological polar surface area (TPSA) is 60.2 Å². The molecule has 0 amide bonds. The van der Waals surface area contributed by atoms with Crippen molar-refractivity contribution in [2.24, 2.45) is 0 Å². The van der Waals surface area contributed by atoms with Gasteiger partial charge in [-0.15, -0.1) is 10.2 Å². The normalized spacial score (nSPS) is 10.7. The van der Waals surface area contributed by atoms with E-state index in [1.807, 2.05) is 44.2 Å². The number of ether oxygens (including phenoxy) is 1. The van der Waals surface area contributed by atoms with Crippen LogP contribution in [0.3, 0.4) is 0 Å². The number of aromatic nitrogens is 2. The Morgan fingerprint density at radius 3 is 2.75 bits per heavy atom. The summed E-state index contributed by atoms with van der Waals surface area (Å²) in [5.41, 5.74) is 3.85. The molecule has 6 heteroatoms. The third-order valence-electron chi connectivity index (χ3n) is 3.64. The van der Waals surface area contributed by atoms with Crippen molar-refractivity contribution in [2.75, 3.05) is 12.4 Å². The van der Waals surface area contributed by atoms with Gasteiger partial charge >= 0.3 is 0 Å². The number of benzene rings is 2. The molecule has 3 rings (SSSR count). The number of aryl methyl sites for hydroxylation is 2. The van der Waals surface area contributed by atoms with Crippen molar-refractivity contribution in [1.29, 1.82) is 0 Å². The average Bonchev–Trinajstić information content (AvgIpc) is 3.04. The van der Waals surface area contributed by atoms with Crippen LogP contribution >= 0.6 is 11.6 Å². The van der Waals surface area contributed by atoms with Gasteiger partial charge in [-0.25, -0.2) is 0 Å². The van der Waals surface area contributed by atoms with E-state index in [-0.39, 0.29) is 0 Å². The van der Waals surface area contributed by atoms with Crippen LogP contribution in [0, 0.1) is 13.8 Å². The number of nitrogens with one attached hydrogen (secondary N) is 1. The zero-order valence-electron chi connectivity index (χ0n) is 13.8. The molecule has 2 aromatic carbocycles. The number of anilines is 1. The van der Waals surface area contributed by atoms with Crippen molar-refractivity contribution in [1.82, 2.24) is 10.2 Å². The first-order valence-electron chi connectivity index (χ1n) is 7.54. The van der Waals surface area contributed by atoms with Gasteiger partial charge in [-0.2, -0.15) is 0 Å². The number of rotatable bonds is 5. The summed E-state index contributed by atoms with van der Waals surface area (Å²) in [6.07, 6.45) is 0. The second-order valence-corrected chi connectivity index (χ2v) is 5.93. The lowest BCUT2D eigenvalue weighted by Gasteiger charge is -2.11. The van der Waals surface area contributed by atoms with Gasteiger partial charge < -0.3 is 14.5 Å². The van der Waals surface area contributed by atoms with Crippen molar-refractivity contribution in [3.8, 4) is 17.2 Å². The Morgan fingerprint density at radius 2 is 2.00 bits per heavy atom. The molecule has 0 radical (unpaired) electrons. The summed E-state index contributed by atoms with van der Waals surface area (Å²) in [4.78, 5) is 0. The molecule has 0 aliphatic carbocycles. The number of hydrogen-bond acceptors (Lipinski definition) is 5. The number of nitrogens with zero attached hydrogens (tertiary/aromatic N) is 2. The van der Waals surface area contributed by atoms with E-state index in [4.69, 9.17) is 20.8 Å². The summed E-state index contributed by atoms with van der Waals surface area (Å²) in [6, 6.07) is 11.7. The molecule has 24 heavy (non-hydrogen) atoms. The molecule has 1 aromatic heterocycles. The van der Waals surface area contributed by atoms with Crippen LogP contribution in [0.15, 0.2) is 40.8 Å². The number of halogens is 1. The van der Waals surface area contributed by atoms with E-state index < -0.39 is 0 Å². The Balaban J connectivity index is 1.75. The molecular formula is C18H18ClN3O2. The van der Waals surface area contributed by atoms with E-state index in [1.54, 1.807) is 13.2 Å². The highest BCUT2D eigenvalue weighted by Gasteiger charge is 2.11. The lowest BCUT2D eigenvalue weighted by molar-refractivity contribution is 0.416. The molecule has 5 nitrogen and oxygen atoms in total. The number of hydrogen-bond donors (Lipinski definition) is 1. The van der Waals surface area contributed by atoms with Crippen molar-refractivity contribution in [3.63, 3.8) is 0 Å². The summed E-state index contributed by atoms with van der Waals surface area (Å²) >= 11 is 6.12. The van der Waals surface area contributed by atoms with Gasteiger partial charge in [-0.1, -0.05) is 29.3 Å². The predicted octanol–water partition coefficient (Wildman–Crippen LogP) is 4.63. The Hall–Kier alpha value is -2.53. The van der Waals surface area contributed by atoms with Crippen molar-refractivity contribution >= 4 is 17.3 Å². The van der Waals surface area contributed by atoms with Gasteiger partial charge in [0, 0.05) is 16.7 Å². The number of methoxy groups -OCH3 is 1. The lowest BCUT2D eigenvalue weighted by Crippen LogP contribution is -2.02.